The minimum atomic E-state index is -1.35. The molecule has 0 aliphatic carbocycles. The molecule has 0 aliphatic heterocycles. The first-order chi connectivity index (χ1) is 9.83. The quantitative estimate of drug-likeness (QED) is 0.143. The number of carboxylic acid groups (broad SMARTS) is 2. The van der Waals surface area contributed by atoms with Crippen LogP contribution in [0.4, 0.5) is 0 Å². The van der Waals surface area contributed by atoms with Crippen LogP contribution in [0.2, 0.25) is 0 Å². The molecule has 2 N–H and O–H groups in total. The predicted molar refractivity (Wildman–Crippen MR) is 77.1 cm³/mol. The summed E-state index contributed by atoms with van der Waals surface area (Å²) in [6.07, 6.45) is 7.55. The molecule has 0 heterocycles. The van der Waals surface area contributed by atoms with Crippen LogP contribution in [0.1, 0.15) is 46.5 Å². The average Bonchev–Trinajstić information content (AvgIpc) is 2.45. The van der Waals surface area contributed by atoms with Crippen molar-refractivity contribution >= 4 is 11.9 Å². The summed E-state index contributed by atoms with van der Waals surface area (Å²) in [5.41, 5.74) is 0. The van der Waals surface area contributed by atoms with Crippen LogP contribution in [0.15, 0.2) is 12.2 Å². The molecule has 3 atom stereocenters. The number of carboxylic acids is 2. The van der Waals surface area contributed by atoms with Gasteiger partial charge in [-0.15, -0.1) is 0 Å². The van der Waals surface area contributed by atoms with Crippen LogP contribution in [-0.2, 0) is 9.59 Å². The van der Waals surface area contributed by atoms with Crippen LogP contribution in [-0.4, -0.2) is 52.0 Å². The third-order valence-electron chi connectivity index (χ3n) is 4.11. The van der Waals surface area contributed by atoms with Crippen molar-refractivity contribution in [1.29, 1.82) is 0 Å². The number of nitrogens with zero attached hydrogens (tertiary/aromatic N) is 1. The van der Waals surface area contributed by atoms with Crippen LogP contribution >= 0.6 is 0 Å². The van der Waals surface area contributed by atoms with Crippen molar-refractivity contribution in [3.8, 4) is 0 Å². The summed E-state index contributed by atoms with van der Waals surface area (Å²) in [7, 11) is 0. The first-order valence-electron chi connectivity index (χ1n) is 7.39. The van der Waals surface area contributed by atoms with Crippen molar-refractivity contribution < 1.29 is 80.8 Å². The minimum absolute atomic E-state index is 0. The topological polar surface area (TPSA) is 97.7 Å². The zero-order chi connectivity index (χ0) is 16.5. The smallest absolute Gasteiger partial charge is 0.544 e. The molecule has 0 aromatic carbocycles. The van der Waals surface area contributed by atoms with Crippen molar-refractivity contribution in [2.45, 2.75) is 58.5 Å². The molecule has 22 heavy (non-hydrogen) atoms. The molecule has 0 fully saturated rings. The summed E-state index contributed by atoms with van der Waals surface area (Å²) >= 11 is 0. The first-order valence-corrected chi connectivity index (χ1v) is 7.39. The minimum Gasteiger partial charge on any atom is -0.544 e. The van der Waals surface area contributed by atoms with Crippen molar-refractivity contribution in [3.63, 3.8) is 0 Å². The summed E-state index contributed by atoms with van der Waals surface area (Å²) < 4.78 is -0.435. The Morgan fingerprint density at radius 1 is 1.18 bits per heavy atom. The number of carbonyl (C=O) groups excluding carboxylic acids is 1. The molecule has 0 amide bonds. The third kappa shape index (κ3) is 7.21. The monoisotopic (exact) mass is 340 g/mol. The molecule has 0 aromatic rings. The van der Waals surface area contributed by atoms with Crippen LogP contribution < -0.4 is 56.5 Å². The number of aliphatic hydroxyl groups excluding tert-OH is 1. The van der Waals surface area contributed by atoms with Gasteiger partial charge in [-0.1, -0.05) is 31.9 Å². The Bertz CT molecular complexity index is 353. The Labute approximate surface area is 175 Å². The van der Waals surface area contributed by atoms with Gasteiger partial charge in [-0.25, -0.2) is 4.79 Å². The van der Waals surface area contributed by atoms with E-state index in [0.29, 0.717) is 6.42 Å². The molecule has 0 aromatic heterocycles. The second-order valence-electron chi connectivity index (χ2n) is 5.38. The second kappa shape index (κ2) is 12.6. The normalized spacial score (nSPS) is 16.5. The van der Waals surface area contributed by atoms with E-state index in [0.717, 1.165) is 19.3 Å². The Kier molecular flexibility index (Phi) is 14.1. The summed E-state index contributed by atoms with van der Waals surface area (Å²) in [4.78, 5) is 22.4. The SMILES string of the molecule is CCCC/C=C/CC[N+](CO)(C(C)C(=O)[O-])C(C)C(=O)O.[K+]. The van der Waals surface area contributed by atoms with Gasteiger partial charge in [-0.3, -0.25) is 4.48 Å². The Morgan fingerprint density at radius 3 is 2.14 bits per heavy atom. The summed E-state index contributed by atoms with van der Waals surface area (Å²) in [5.74, 6) is -2.49. The Balaban J connectivity index is 0. The Hall–Kier alpha value is 0.236. The molecular weight excluding hydrogens is 313 g/mol. The van der Waals surface area contributed by atoms with E-state index in [9.17, 15) is 24.9 Å². The van der Waals surface area contributed by atoms with Crippen LogP contribution in [0.3, 0.4) is 0 Å². The zero-order valence-electron chi connectivity index (χ0n) is 14.1. The predicted octanol–water partition coefficient (Wildman–Crippen LogP) is -2.49. The molecule has 0 saturated carbocycles. The first kappa shape index (κ1) is 24.5. The number of hydrogen-bond acceptors (Lipinski definition) is 4. The number of hydrogen-bond donors (Lipinski definition) is 2. The fourth-order valence-electron chi connectivity index (χ4n) is 2.34. The maximum atomic E-state index is 11.2. The molecular formula is C15H27KNO5+. The number of quaternary nitrogens is 1. The molecule has 122 valence electrons. The van der Waals surface area contributed by atoms with E-state index < -0.39 is 35.2 Å². The largest absolute Gasteiger partial charge is 1.00 e. The fraction of sp³-hybridized carbons (Fsp3) is 0.733. The van der Waals surface area contributed by atoms with Gasteiger partial charge in [0.2, 0.25) is 0 Å². The summed E-state index contributed by atoms with van der Waals surface area (Å²) in [6.45, 7) is 4.58. The maximum absolute atomic E-state index is 11.2. The van der Waals surface area contributed by atoms with Crippen molar-refractivity contribution in [1.82, 2.24) is 0 Å². The van der Waals surface area contributed by atoms with Gasteiger partial charge in [-0.05, 0) is 20.3 Å². The van der Waals surface area contributed by atoms with E-state index in [4.69, 9.17) is 0 Å². The zero-order valence-corrected chi connectivity index (χ0v) is 17.2. The number of unbranched alkanes of at least 4 members (excludes halogenated alkanes) is 2. The van der Waals surface area contributed by atoms with E-state index >= 15 is 0 Å². The number of aliphatic carboxylic acids is 2. The van der Waals surface area contributed by atoms with Gasteiger partial charge in [0.25, 0.3) is 0 Å². The molecule has 3 unspecified atom stereocenters. The van der Waals surface area contributed by atoms with E-state index in [1.54, 1.807) is 0 Å². The number of carbonyl (C=O) groups is 2. The van der Waals surface area contributed by atoms with Gasteiger partial charge in [-0.2, -0.15) is 0 Å². The van der Waals surface area contributed by atoms with Gasteiger partial charge < -0.3 is 20.1 Å². The average molecular weight is 340 g/mol. The summed E-state index contributed by atoms with van der Waals surface area (Å²) in [5, 5.41) is 30.0. The molecule has 0 bridgehead atoms. The van der Waals surface area contributed by atoms with Gasteiger partial charge in [0, 0.05) is 6.42 Å². The van der Waals surface area contributed by atoms with E-state index in [1.807, 2.05) is 12.2 Å². The van der Waals surface area contributed by atoms with E-state index in [2.05, 4.69) is 6.92 Å². The third-order valence-corrected chi connectivity index (χ3v) is 4.11. The molecule has 0 aliphatic rings. The van der Waals surface area contributed by atoms with Crippen LogP contribution in [0.5, 0.6) is 0 Å². The molecule has 0 spiro atoms. The van der Waals surface area contributed by atoms with Crippen LogP contribution in [0, 0.1) is 0 Å². The van der Waals surface area contributed by atoms with E-state index in [-0.39, 0.29) is 57.9 Å². The van der Waals surface area contributed by atoms with Crippen molar-refractivity contribution in [3.05, 3.63) is 12.2 Å². The second-order valence-corrected chi connectivity index (χ2v) is 5.38. The molecule has 0 rings (SSSR count). The number of rotatable bonds is 11. The van der Waals surface area contributed by atoms with Gasteiger partial charge >= 0.3 is 57.4 Å². The van der Waals surface area contributed by atoms with Crippen LogP contribution in [0.25, 0.3) is 0 Å². The maximum Gasteiger partial charge on any atom is 1.00 e. The fourth-order valence-corrected chi connectivity index (χ4v) is 2.34. The van der Waals surface area contributed by atoms with Gasteiger partial charge in [0.15, 0.2) is 12.8 Å². The molecule has 6 nitrogen and oxygen atoms in total. The van der Waals surface area contributed by atoms with Crippen molar-refractivity contribution in [2.75, 3.05) is 13.3 Å². The summed E-state index contributed by atoms with van der Waals surface area (Å²) in [6, 6.07) is -2.11. The molecule has 0 saturated heterocycles. The van der Waals surface area contributed by atoms with Crippen molar-refractivity contribution in [2.24, 2.45) is 0 Å². The number of allylic oxidation sites excluding steroid dienone is 1. The number of aliphatic hydroxyl groups is 1. The van der Waals surface area contributed by atoms with E-state index in [1.165, 1.54) is 13.8 Å². The standard InChI is InChI=1S/C15H27NO5.K/c1-4-5-6-7-8-9-10-16(11-17,12(2)14(18)19)13(3)15(20)21;/h7-8,12-13,17H,4-6,9-11H2,1-3H3,(H-,18,19,20,21);/q;+1/b8-7+;. The molecule has 7 heteroatoms. The Morgan fingerprint density at radius 2 is 1.73 bits per heavy atom. The van der Waals surface area contributed by atoms with Gasteiger partial charge in [0.1, 0.15) is 6.04 Å². The van der Waals surface area contributed by atoms with Gasteiger partial charge in [0.05, 0.1) is 12.5 Å². The molecule has 0 radical (unpaired) electrons.